The maximum atomic E-state index is 5.68. The molecule has 3 heteroatoms. The lowest BCUT2D eigenvalue weighted by Crippen LogP contribution is -1.74. The van der Waals surface area contributed by atoms with Crippen molar-refractivity contribution in [2.75, 3.05) is 0 Å². The summed E-state index contributed by atoms with van der Waals surface area (Å²) in [5.41, 5.74) is 0.857. The first-order valence-electron chi connectivity index (χ1n) is 2.62. The smallest absolute Gasteiger partial charge is 0.0790 e. The zero-order valence-electron chi connectivity index (χ0n) is 4.94. The van der Waals surface area contributed by atoms with Crippen molar-refractivity contribution in [3.05, 3.63) is 39.7 Å². The number of rotatable bonds is 1. The summed E-state index contributed by atoms with van der Waals surface area (Å²) in [5, 5.41) is 1.07. The van der Waals surface area contributed by atoms with Gasteiger partial charge in [0.2, 0.25) is 0 Å². The van der Waals surface area contributed by atoms with Crippen LogP contribution in [0.3, 0.4) is 0 Å². The van der Waals surface area contributed by atoms with Crippen LogP contribution >= 0.6 is 34.8 Å². The molecule has 10 heavy (non-hydrogen) atoms. The Morgan fingerprint density at radius 2 is 1.80 bits per heavy atom. The first-order valence-corrected chi connectivity index (χ1v) is 3.82. The molecule has 0 heterocycles. The highest BCUT2D eigenvalue weighted by atomic mass is 35.5. The van der Waals surface area contributed by atoms with Crippen molar-refractivity contribution in [2.45, 2.75) is 0 Å². The first kappa shape index (κ1) is 8.19. The van der Waals surface area contributed by atoms with Gasteiger partial charge in [0.25, 0.3) is 0 Å². The van der Waals surface area contributed by atoms with Gasteiger partial charge in [-0.05, 0) is 17.7 Å². The van der Waals surface area contributed by atoms with E-state index < -0.39 is 0 Å². The molecule has 0 amide bonds. The zero-order valence-corrected chi connectivity index (χ0v) is 7.21. The molecular weight excluding hydrogens is 190 g/mol. The van der Waals surface area contributed by atoms with Crippen LogP contribution in [0.4, 0.5) is 0 Å². The minimum Gasteiger partial charge on any atom is -0.116 e. The second-order valence-electron chi connectivity index (χ2n) is 1.78. The van der Waals surface area contributed by atoms with E-state index in [1.54, 1.807) is 18.2 Å². The van der Waals surface area contributed by atoms with Crippen LogP contribution in [0.15, 0.2) is 18.2 Å². The van der Waals surface area contributed by atoms with Crippen molar-refractivity contribution in [3.63, 3.8) is 0 Å². The Balaban J connectivity index is 3.04. The molecule has 0 saturated heterocycles. The van der Waals surface area contributed by atoms with Crippen molar-refractivity contribution >= 4 is 34.8 Å². The van der Waals surface area contributed by atoms with Crippen molar-refractivity contribution in [1.29, 1.82) is 0 Å². The summed E-state index contributed by atoms with van der Waals surface area (Å²) in [7, 11) is 0. The lowest BCUT2D eigenvalue weighted by Gasteiger charge is -1.96. The Bertz CT molecular complexity index is 232. The van der Waals surface area contributed by atoms with Crippen molar-refractivity contribution in [1.82, 2.24) is 0 Å². The van der Waals surface area contributed by atoms with E-state index >= 15 is 0 Å². The molecule has 0 spiro atoms. The van der Waals surface area contributed by atoms with Crippen molar-refractivity contribution < 1.29 is 0 Å². The largest absolute Gasteiger partial charge is 0.116 e. The van der Waals surface area contributed by atoms with Gasteiger partial charge in [-0.1, -0.05) is 29.3 Å². The normalized spacial score (nSPS) is 9.90. The summed E-state index contributed by atoms with van der Waals surface area (Å²) in [4.78, 5) is 0. The van der Waals surface area contributed by atoms with Gasteiger partial charge in [-0.25, -0.2) is 0 Å². The molecular formula is C7H4Cl3. The number of hydrogen-bond donors (Lipinski definition) is 0. The Kier molecular flexibility index (Phi) is 2.84. The first-order chi connectivity index (χ1) is 4.74. The summed E-state index contributed by atoms with van der Waals surface area (Å²) in [6.45, 7) is 0. The van der Waals surface area contributed by atoms with E-state index in [-0.39, 0.29) is 0 Å². The molecule has 0 aliphatic heterocycles. The van der Waals surface area contributed by atoms with Gasteiger partial charge in [0.15, 0.2) is 0 Å². The molecule has 1 radical (unpaired) electrons. The molecule has 1 aromatic rings. The quantitative estimate of drug-likeness (QED) is 0.639. The fourth-order valence-electron chi connectivity index (χ4n) is 0.580. The Labute approximate surface area is 74.7 Å². The minimum atomic E-state index is 0.524. The topological polar surface area (TPSA) is 0 Å². The van der Waals surface area contributed by atoms with Gasteiger partial charge in [0.05, 0.1) is 15.9 Å². The Morgan fingerprint density at radius 1 is 1.10 bits per heavy atom. The fourth-order valence-corrected chi connectivity index (χ4v) is 1.02. The molecule has 0 saturated carbocycles. The van der Waals surface area contributed by atoms with E-state index in [1.165, 1.54) is 5.88 Å². The van der Waals surface area contributed by atoms with Crippen LogP contribution in [0.5, 0.6) is 0 Å². The zero-order chi connectivity index (χ0) is 7.56. The highest BCUT2D eigenvalue weighted by Crippen LogP contribution is 2.23. The summed E-state index contributed by atoms with van der Waals surface area (Å²) in [5.74, 6) is 1.45. The molecule has 0 aliphatic carbocycles. The lowest BCUT2D eigenvalue weighted by molar-refractivity contribution is 1.59. The molecule has 1 rings (SSSR count). The van der Waals surface area contributed by atoms with Crippen LogP contribution in [0, 0.1) is 5.88 Å². The van der Waals surface area contributed by atoms with E-state index in [4.69, 9.17) is 34.8 Å². The molecule has 0 bridgehead atoms. The second-order valence-corrected chi connectivity index (χ2v) is 2.82. The average molecular weight is 194 g/mol. The molecule has 0 atom stereocenters. The van der Waals surface area contributed by atoms with E-state index in [0.717, 1.165) is 5.56 Å². The number of benzene rings is 1. The van der Waals surface area contributed by atoms with Gasteiger partial charge in [0, 0.05) is 0 Å². The van der Waals surface area contributed by atoms with Crippen LogP contribution in [-0.4, -0.2) is 0 Å². The lowest BCUT2D eigenvalue weighted by atomic mass is 10.2. The third kappa shape index (κ3) is 1.79. The van der Waals surface area contributed by atoms with Gasteiger partial charge in [-0.2, -0.15) is 0 Å². The van der Waals surface area contributed by atoms with Gasteiger partial charge < -0.3 is 0 Å². The van der Waals surface area contributed by atoms with Crippen molar-refractivity contribution in [3.8, 4) is 0 Å². The molecule has 1 aromatic carbocycles. The summed E-state index contributed by atoms with van der Waals surface area (Å²) >= 11 is 16.8. The van der Waals surface area contributed by atoms with Crippen molar-refractivity contribution in [2.24, 2.45) is 0 Å². The fraction of sp³-hybridized carbons (Fsp3) is 0. The summed E-state index contributed by atoms with van der Waals surface area (Å²) in [6, 6.07) is 5.20. The maximum Gasteiger partial charge on any atom is 0.0790 e. The molecule has 53 valence electrons. The average Bonchev–Trinajstić information content (AvgIpc) is 1.95. The van der Waals surface area contributed by atoms with E-state index in [2.05, 4.69) is 0 Å². The van der Waals surface area contributed by atoms with Crippen LogP contribution in [0.2, 0.25) is 10.0 Å². The third-order valence-electron chi connectivity index (χ3n) is 1.07. The molecule has 0 nitrogen and oxygen atoms in total. The molecule has 0 N–H and O–H groups in total. The number of hydrogen-bond acceptors (Lipinski definition) is 0. The van der Waals surface area contributed by atoms with Crippen LogP contribution < -0.4 is 0 Å². The second kappa shape index (κ2) is 3.47. The molecule has 0 unspecified atom stereocenters. The Morgan fingerprint density at radius 3 is 2.30 bits per heavy atom. The minimum absolute atomic E-state index is 0.524. The predicted octanol–water partition coefficient (Wildman–Crippen LogP) is 3.74. The molecule has 0 aliphatic rings. The maximum absolute atomic E-state index is 5.68. The van der Waals surface area contributed by atoms with Crippen LogP contribution in [0.25, 0.3) is 0 Å². The van der Waals surface area contributed by atoms with E-state index in [1.807, 2.05) is 0 Å². The third-order valence-corrected chi connectivity index (χ3v) is 2.06. The van der Waals surface area contributed by atoms with Gasteiger partial charge in [-0.3, -0.25) is 0 Å². The van der Waals surface area contributed by atoms with Crippen LogP contribution in [0.1, 0.15) is 5.56 Å². The Hall–Kier alpha value is 0.0900. The van der Waals surface area contributed by atoms with E-state index in [9.17, 15) is 0 Å². The van der Waals surface area contributed by atoms with Gasteiger partial charge >= 0.3 is 0 Å². The summed E-state index contributed by atoms with van der Waals surface area (Å²) < 4.78 is 0. The van der Waals surface area contributed by atoms with Crippen LogP contribution in [-0.2, 0) is 0 Å². The number of halogens is 3. The molecule has 0 aromatic heterocycles. The molecule has 0 fully saturated rings. The van der Waals surface area contributed by atoms with Gasteiger partial charge in [-0.15, -0.1) is 11.6 Å². The summed E-state index contributed by atoms with van der Waals surface area (Å²) in [6.07, 6.45) is 0. The standard InChI is InChI=1S/C7H4Cl3/c8-4-5-1-2-6(9)7(10)3-5/h1-4H. The highest BCUT2D eigenvalue weighted by Gasteiger charge is 1.97. The van der Waals surface area contributed by atoms with Gasteiger partial charge in [0.1, 0.15) is 0 Å². The highest BCUT2D eigenvalue weighted by molar-refractivity contribution is 6.42. The monoisotopic (exact) mass is 193 g/mol. The SMILES string of the molecule is Cl[CH]c1ccc(Cl)c(Cl)c1. The predicted molar refractivity (Wildman–Crippen MR) is 45.7 cm³/mol. The van der Waals surface area contributed by atoms with E-state index in [0.29, 0.717) is 10.0 Å².